The smallest absolute Gasteiger partial charge is 0.260 e. The number of unbranched alkanes of at least 4 members (excludes halogenated alkanes) is 1. The quantitative estimate of drug-likeness (QED) is 0.719. The van der Waals surface area contributed by atoms with Crippen LogP contribution in [0.2, 0.25) is 0 Å². The summed E-state index contributed by atoms with van der Waals surface area (Å²) in [5, 5.41) is 2.87. The van der Waals surface area contributed by atoms with E-state index in [1.807, 2.05) is 31.2 Å². The number of hydrogen-bond acceptors (Lipinski definition) is 3. The van der Waals surface area contributed by atoms with Gasteiger partial charge in [0, 0.05) is 18.2 Å². The van der Waals surface area contributed by atoms with E-state index >= 15 is 0 Å². The summed E-state index contributed by atoms with van der Waals surface area (Å²) in [6, 6.07) is 7.57. The van der Waals surface area contributed by atoms with Crippen LogP contribution in [0.5, 0.6) is 5.75 Å². The molecule has 4 heteroatoms. The molecule has 20 heavy (non-hydrogen) atoms. The zero-order valence-electron chi connectivity index (χ0n) is 12.7. The Labute approximate surface area is 121 Å². The Hall–Kier alpha value is -1.55. The van der Waals surface area contributed by atoms with Crippen molar-refractivity contribution in [2.45, 2.75) is 52.2 Å². The molecule has 0 saturated heterocycles. The minimum Gasteiger partial charge on any atom is -0.481 e. The van der Waals surface area contributed by atoms with Crippen LogP contribution in [0.1, 0.15) is 51.6 Å². The van der Waals surface area contributed by atoms with Crippen molar-refractivity contribution in [1.82, 2.24) is 5.32 Å². The molecule has 1 amide bonds. The first kappa shape index (κ1) is 16.5. The molecule has 3 N–H and O–H groups in total. The molecule has 1 aromatic carbocycles. The molecule has 0 bridgehead atoms. The Balaban J connectivity index is 2.65. The predicted octanol–water partition coefficient (Wildman–Crippen LogP) is 2.78. The van der Waals surface area contributed by atoms with Crippen LogP contribution in [0.25, 0.3) is 0 Å². The van der Waals surface area contributed by atoms with E-state index < -0.39 is 6.10 Å². The summed E-state index contributed by atoms with van der Waals surface area (Å²) in [4.78, 5) is 11.9. The van der Waals surface area contributed by atoms with Crippen LogP contribution in [-0.4, -0.2) is 18.6 Å². The Bertz CT molecular complexity index is 421. The van der Waals surface area contributed by atoms with E-state index in [1.54, 1.807) is 6.92 Å². The summed E-state index contributed by atoms with van der Waals surface area (Å²) in [5.74, 6) is 0.610. The topological polar surface area (TPSA) is 64.3 Å². The molecular formula is C16H26N2O2. The second kappa shape index (κ2) is 8.59. The third-order valence-electron chi connectivity index (χ3n) is 3.26. The highest BCUT2D eigenvalue weighted by Gasteiger charge is 2.17. The van der Waals surface area contributed by atoms with Gasteiger partial charge >= 0.3 is 0 Å². The average Bonchev–Trinajstić information content (AvgIpc) is 2.47. The molecule has 0 fully saturated rings. The van der Waals surface area contributed by atoms with E-state index in [4.69, 9.17) is 10.5 Å². The maximum atomic E-state index is 11.9. The van der Waals surface area contributed by atoms with Crippen molar-refractivity contribution in [3.8, 4) is 5.75 Å². The lowest BCUT2D eigenvalue weighted by Gasteiger charge is -2.19. The Morgan fingerprint density at radius 1 is 1.35 bits per heavy atom. The van der Waals surface area contributed by atoms with E-state index in [9.17, 15) is 4.79 Å². The number of ether oxygens (including phenoxy) is 1. The van der Waals surface area contributed by atoms with Crippen LogP contribution in [0.15, 0.2) is 24.3 Å². The van der Waals surface area contributed by atoms with Crippen molar-refractivity contribution in [2.75, 3.05) is 6.54 Å². The van der Waals surface area contributed by atoms with Crippen LogP contribution in [0, 0.1) is 0 Å². The lowest BCUT2D eigenvalue weighted by atomic mass is 10.0. The number of para-hydroxylation sites is 1. The number of nitrogens with one attached hydrogen (secondary N) is 1. The van der Waals surface area contributed by atoms with Gasteiger partial charge in [-0.2, -0.15) is 0 Å². The maximum absolute atomic E-state index is 11.9. The third-order valence-corrected chi connectivity index (χ3v) is 3.26. The summed E-state index contributed by atoms with van der Waals surface area (Å²) >= 11 is 0. The summed E-state index contributed by atoms with van der Waals surface area (Å²) in [5.41, 5.74) is 7.01. The largest absolute Gasteiger partial charge is 0.481 e. The van der Waals surface area contributed by atoms with Gasteiger partial charge in [-0.25, -0.2) is 0 Å². The lowest BCUT2D eigenvalue weighted by molar-refractivity contribution is -0.127. The van der Waals surface area contributed by atoms with Gasteiger partial charge in [0.2, 0.25) is 0 Å². The standard InChI is InChI=1S/C16H26N2O2/c1-4-6-11-18-16(19)12(3)20-15-10-8-7-9-13(15)14(17)5-2/h7-10,12,14H,4-6,11,17H2,1-3H3,(H,18,19)/t12?,14-/m0/s1. The fourth-order valence-corrected chi connectivity index (χ4v) is 1.89. The molecule has 0 heterocycles. The molecule has 0 aromatic heterocycles. The average molecular weight is 278 g/mol. The summed E-state index contributed by atoms with van der Waals surface area (Å²) in [6.07, 6.45) is 2.36. The van der Waals surface area contributed by atoms with Crippen molar-refractivity contribution in [3.63, 3.8) is 0 Å². The number of amides is 1. The zero-order chi connectivity index (χ0) is 15.0. The Kier molecular flexibility index (Phi) is 7.09. The van der Waals surface area contributed by atoms with Crippen molar-refractivity contribution in [3.05, 3.63) is 29.8 Å². The lowest BCUT2D eigenvalue weighted by Crippen LogP contribution is -2.37. The summed E-state index contributed by atoms with van der Waals surface area (Å²) < 4.78 is 5.77. The number of carbonyl (C=O) groups is 1. The predicted molar refractivity (Wildman–Crippen MR) is 81.7 cm³/mol. The molecule has 0 saturated carbocycles. The molecule has 1 unspecified atom stereocenters. The van der Waals surface area contributed by atoms with Crippen LogP contribution in [0.3, 0.4) is 0 Å². The van der Waals surface area contributed by atoms with E-state index in [2.05, 4.69) is 12.2 Å². The fourth-order valence-electron chi connectivity index (χ4n) is 1.89. The second-order valence-corrected chi connectivity index (χ2v) is 4.96. The van der Waals surface area contributed by atoms with Crippen molar-refractivity contribution in [1.29, 1.82) is 0 Å². The van der Waals surface area contributed by atoms with Gasteiger partial charge < -0.3 is 15.8 Å². The Morgan fingerprint density at radius 2 is 2.05 bits per heavy atom. The number of nitrogens with two attached hydrogens (primary N) is 1. The van der Waals surface area contributed by atoms with Crippen molar-refractivity contribution in [2.24, 2.45) is 5.73 Å². The monoisotopic (exact) mass is 278 g/mol. The third kappa shape index (κ3) is 4.85. The fraction of sp³-hybridized carbons (Fsp3) is 0.562. The van der Waals surface area contributed by atoms with Crippen LogP contribution >= 0.6 is 0 Å². The van der Waals surface area contributed by atoms with Crippen LogP contribution < -0.4 is 15.8 Å². The van der Waals surface area contributed by atoms with Gasteiger partial charge in [0.05, 0.1) is 0 Å². The Morgan fingerprint density at radius 3 is 2.70 bits per heavy atom. The van der Waals surface area contributed by atoms with Gasteiger partial charge in [-0.05, 0) is 25.8 Å². The SMILES string of the molecule is CCCCNC(=O)C(C)Oc1ccccc1[C@@H](N)CC. The molecule has 4 nitrogen and oxygen atoms in total. The van der Waals surface area contributed by atoms with Gasteiger partial charge in [0.15, 0.2) is 6.10 Å². The molecule has 0 spiro atoms. The normalized spacial score (nSPS) is 13.6. The summed E-state index contributed by atoms with van der Waals surface area (Å²) in [6.45, 7) is 6.57. The zero-order valence-corrected chi connectivity index (χ0v) is 12.7. The molecule has 1 rings (SSSR count). The summed E-state index contributed by atoms with van der Waals surface area (Å²) in [7, 11) is 0. The van der Waals surface area contributed by atoms with Gasteiger partial charge in [-0.3, -0.25) is 4.79 Å². The minimum atomic E-state index is -0.517. The molecule has 0 aliphatic rings. The highest BCUT2D eigenvalue weighted by molar-refractivity contribution is 5.80. The minimum absolute atomic E-state index is 0.0680. The number of hydrogen-bond donors (Lipinski definition) is 2. The number of carbonyl (C=O) groups excluding carboxylic acids is 1. The molecular weight excluding hydrogens is 252 g/mol. The van der Waals surface area contributed by atoms with Crippen LogP contribution in [0.4, 0.5) is 0 Å². The molecule has 0 aliphatic carbocycles. The second-order valence-electron chi connectivity index (χ2n) is 4.96. The first-order valence-corrected chi connectivity index (χ1v) is 7.39. The van der Waals surface area contributed by atoms with Gasteiger partial charge in [0.25, 0.3) is 5.91 Å². The number of rotatable bonds is 8. The van der Waals surface area contributed by atoms with Crippen molar-refractivity contribution < 1.29 is 9.53 Å². The van der Waals surface area contributed by atoms with Gasteiger partial charge in [0.1, 0.15) is 5.75 Å². The van der Waals surface area contributed by atoms with E-state index in [-0.39, 0.29) is 11.9 Å². The molecule has 112 valence electrons. The van der Waals surface area contributed by atoms with E-state index in [0.717, 1.165) is 24.8 Å². The first-order valence-electron chi connectivity index (χ1n) is 7.39. The molecule has 2 atom stereocenters. The first-order chi connectivity index (χ1) is 9.60. The van der Waals surface area contributed by atoms with Crippen LogP contribution in [-0.2, 0) is 4.79 Å². The number of benzene rings is 1. The van der Waals surface area contributed by atoms with Gasteiger partial charge in [-0.1, -0.05) is 38.5 Å². The van der Waals surface area contributed by atoms with Crippen molar-refractivity contribution >= 4 is 5.91 Å². The molecule has 0 aliphatic heterocycles. The van der Waals surface area contributed by atoms with E-state index in [1.165, 1.54) is 0 Å². The highest BCUT2D eigenvalue weighted by atomic mass is 16.5. The van der Waals surface area contributed by atoms with Gasteiger partial charge in [-0.15, -0.1) is 0 Å². The van der Waals surface area contributed by atoms with E-state index in [0.29, 0.717) is 12.3 Å². The maximum Gasteiger partial charge on any atom is 0.260 e. The molecule has 0 radical (unpaired) electrons. The highest BCUT2D eigenvalue weighted by Crippen LogP contribution is 2.26. The molecule has 1 aromatic rings.